The lowest BCUT2D eigenvalue weighted by Gasteiger charge is -2.02. The summed E-state index contributed by atoms with van der Waals surface area (Å²) in [5.41, 5.74) is 3.67. The van der Waals surface area contributed by atoms with E-state index in [0.29, 0.717) is 11.3 Å². The van der Waals surface area contributed by atoms with E-state index in [-0.39, 0.29) is 16.8 Å². The van der Waals surface area contributed by atoms with E-state index in [1.807, 2.05) is 0 Å². The van der Waals surface area contributed by atoms with Crippen LogP contribution in [0.15, 0.2) is 53.6 Å². The number of anilines is 1. The minimum Gasteiger partial charge on any atom is -0.277 e. The molecule has 0 unspecified atom stereocenters. The maximum atomic E-state index is 12.9. The SMILES string of the molecule is Fc1ccc(C(Cl)=NNc2cccc(F)c2)cc1. The summed E-state index contributed by atoms with van der Waals surface area (Å²) in [5, 5.41) is 4.04. The molecule has 0 aliphatic rings. The van der Waals surface area contributed by atoms with Gasteiger partial charge in [-0.25, -0.2) is 8.78 Å². The average molecular weight is 267 g/mol. The average Bonchev–Trinajstić information content (AvgIpc) is 2.37. The number of nitrogens with one attached hydrogen (secondary N) is 1. The molecule has 0 atom stereocenters. The third-order valence-corrected chi connectivity index (χ3v) is 2.49. The van der Waals surface area contributed by atoms with Crippen molar-refractivity contribution in [2.45, 2.75) is 0 Å². The predicted molar refractivity (Wildman–Crippen MR) is 68.8 cm³/mol. The fourth-order valence-corrected chi connectivity index (χ4v) is 1.49. The van der Waals surface area contributed by atoms with Crippen LogP contribution in [0.5, 0.6) is 0 Å². The fraction of sp³-hybridized carbons (Fsp3) is 0. The zero-order valence-electron chi connectivity index (χ0n) is 9.20. The first kappa shape index (κ1) is 12.5. The Labute approximate surface area is 108 Å². The molecule has 0 bridgehead atoms. The summed E-state index contributed by atoms with van der Waals surface area (Å²) in [6, 6.07) is 11.4. The van der Waals surface area contributed by atoms with Gasteiger partial charge in [0.25, 0.3) is 0 Å². The number of hydrazone groups is 1. The minimum atomic E-state index is -0.367. The second-order valence-corrected chi connectivity index (χ2v) is 3.89. The van der Waals surface area contributed by atoms with Crippen LogP contribution in [0.1, 0.15) is 5.56 Å². The second-order valence-electron chi connectivity index (χ2n) is 3.53. The van der Waals surface area contributed by atoms with Crippen molar-refractivity contribution in [3.63, 3.8) is 0 Å². The van der Waals surface area contributed by atoms with Gasteiger partial charge in [-0.1, -0.05) is 17.7 Å². The van der Waals surface area contributed by atoms with Gasteiger partial charge in [-0.3, -0.25) is 5.43 Å². The summed E-state index contributed by atoms with van der Waals surface area (Å²) in [7, 11) is 0. The van der Waals surface area contributed by atoms with Gasteiger partial charge < -0.3 is 0 Å². The molecule has 0 fully saturated rings. The standard InChI is InChI=1S/C13H9ClF2N2/c14-13(9-4-6-10(15)7-5-9)18-17-12-3-1-2-11(16)8-12/h1-8,17H. The number of rotatable bonds is 3. The van der Waals surface area contributed by atoms with Crippen LogP contribution in [-0.2, 0) is 0 Å². The van der Waals surface area contributed by atoms with Crippen molar-refractivity contribution in [3.8, 4) is 0 Å². The molecule has 18 heavy (non-hydrogen) atoms. The first-order valence-corrected chi connectivity index (χ1v) is 5.53. The van der Waals surface area contributed by atoms with E-state index in [2.05, 4.69) is 10.5 Å². The maximum absolute atomic E-state index is 12.9. The highest BCUT2D eigenvalue weighted by molar-refractivity contribution is 6.69. The summed E-state index contributed by atoms with van der Waals surface area (Å²) >= 11 is 5.92. The molecule has 5 heteroatoms. The smallest absolute Gasteiger partial charge is 0.156 e. The van der Waals surface area contributed by atoms with Crippen molar-refractivity contribution >= 4 is 22.5 Å². The normalized spacial score (nSPS) is 11.4. The van der Waals surface area contributed by atoms with Crippen molar-refractivity contribution in [1.82, 2.24) is 0 Å². The van der Waals surface area contributed by atoms with Gasteiger partial charge in [0.2, 0.25) is 0 Å². The van der Waals surface area contributed by atoms with Crippen LogP contribution >= 0.6 is 11.6 Å². The molecule has 0 saturated heterocycles. The molecule has 0 aromatic heterocycles. The summed E-state index contributed by atoms with van der Waals surface area (Å²) < 4.78 is 25.6. The van der Waals surface area contributed by atoms with Gasteiger partial charge in [-0.15, -0.1) is 0 Å². The van der Waals surface area contributed by atoms with Crippen LogP contribution in [0, 0.1) is 11.6 Å². The lowest BCUT2D eigenvalue weighted by molar-refractivity contribution is 0.627. The Kier molecular flexibility index (Phi) is 3.89. The van der Waals surface area contributed by atoms with Crippen LogP contribution in [0.3, 0.4) is 0 Å². The molecule has 0 aliphatic heterocycles. The molecule has 0 saturated carbocycles. The third-order valence-electron chi connectivity index (χ3n) is 2.19. The fourth-order valence-electron chi connectivity index (χ4n) is 1.32. The third kappa shape index (κ3) is 3.28. The highest BCUT2D eigenvalue weighted by atomic mass is 35.5. The van der Waals surface area contributed by atoms with Gasteiger partial charge in [0.05, 0.1) is 5.69 Å². The van der Waals surface area contributed by atoms with Crippen LogP contribution in [0.25, 0.3) is 0 Å². The van der Waals surface area contributed by atoms with Gasteiger partial charge >= 0.3 is 0 Å². The Morgan fingerprint density at radius 1 is 1.00 bits per heavy atom. The van der Waals surface area contributed by atoms with Crippen LogP contribution in [0.4, 0.5) is 14.5 Å². The summed E-state index contributed by atoms with van der Waals surface area (Å²) in [6.45, 7) is 0. The second kappa shape index (κ2) is 5.60. The zero-order chi connectivity index (χ0) is 13.0. The number of hydrogen-bond donors (Lipinski definition) is 1. The molecule has 1 N–H and O–H groups in total. The Morgan fingerprint density at radius 3 is 2.39 bits per heavy atom. The maximum Gasteiger partial charge on any atom is 0.156 e. The number of benzene rings is 2. The summed E-state index contributed by atoms with van der Waals surface area (Å²) in [4.78, 5) is 0. The van der Waals surface area contributed by atoms with Gasteiger partial charge in [0.1, 0.15) is 11.6 Å². The molecule has 0 aliphatic carbocycles. The molecular formula is C13H9ClF2N2. The Balaban J connectivity index is 2.11. The molecule has 0 radical (unpaired) electrons. The number of halogens is 3. The van der Waals surface area contributed by atoms with Crippen molar-refractivity contribution in [2.24, 2.45) is 5.10 Å². The molecule has 92 valence electrons. The van der Waals surface area contributed by atoms with Crippen LogP contribution < -0.4 is 5.43 Å². The molecule has 0 heterocycles. The van der Waals surface area contributed by atoms with Gasteiger partial charge in [-0.2, -0.15) is 5.10 Å². The van der Waals surface area contributed by atoms with E-state index < -0.39 is 0 Å². The Morgan fingerprint density at radius 2 is 1.72 bits per heavy atom. The Hall–Kier alpha value is -1.94. The molecule has 2 aromatic rings. The van der Waals surface area contributed by atoms with E-state index in [1.165, 1.54) is 36.4 Å². The lowest BCUT2D eigenvalue weighted by Crippen LogP contribution is -1.97. The van der Waals surface area contributed by atoms with Gasteiger partial charge in [0, 0.05) is 5.56 Å². The van der Waals surface area contributed by atoms with E-state index in [1.54, 1.807) is 12.1 Å². The molecular weight excluding hydrogens is 258 g/mol. The first-order chi connectivity index (χ1) is 8.65. The van der Waals surface area contributed by atoms with Crippen LogP contribution in [0.2, 0.25) is 0 Å². The molecule has 2 nitrogen and oxygen atoms in total. The minimum absolute atomic E-state index is 0.166. The van der Waals surface area contributed by atoms with E-state index in [9.17, 15) is 8.78 Å². The van der Waals surface area contributed by atoms with E-state index in [0.717, 1.165) is 0 Å². The molecule has 2 rings (SSSR count). The quantitative estimate of drug-likeness (QED) is 0.660. The molecule has 0 amide bonds. The van der Waals surface area contributed by atoms with Gasteiger partial charge in [0.15, 0.2) is 5.17 Å². The highest BCUT2D eigenvalue weighted by Gasteiger charge is 2.00. The monoisotopic (exact) mass is 266 g/mol. The largest absolute Gasteiger partial charge is 0.277 e. The van der Waals surface area contributed by atoms with Crippen molar-refractivity contribution in [2.75, 3.05) is 5.43 Å². The summed E-state index contributed by atoms with van der Waals surface area (Å²) in [6.07, 6.45) is 0. The van der Waals surface area contributed by atoms with Crippen LogP contribution in [-0.4, -0.2) is 5.17 Å². The predicted octanol–water partition coefficient (Wildman–Crippen LogP) is 3.98. The number of hydrogen-bond acceptors (Lipinski definition) is 2. The first-order valence-electron chi connectivity index (χ1n) is 5.16. The highest BCUT2D eigenvalue weighted by Crippen LogP contribution is 2.11. The lowest BCUT2D eigenvalue weighted by atomic mass is 10.2. The zero-order valence-corrected chi connectivity index (χ0v) is 9.96. The number of nitrogens with zero attached hydrogens (tertiary/aromatic N) is 1. The van der Waals surface area contributed by atoms with Crippen molar-refractivity contribution in [3.05, 3.63) is 65.7 Å². The van der Waals surface area contributed by atoms with E-state index >= 15 is 0 Å². The van der Waals surface area contributed by atoms with Crippen molar-refractivity contribution < 1.29 is 8.78 Å². The molecule has 0 spiro atoms. The van der Waals surface area contributed by atoms with Gasteiger partial charge in [-0.05, 0) is 42.5 Å². The topological polar surface area (TPSA) is 24.4 Å². The van der Waals surface area contributed by atoms with Crippen molar-refractivity contribution in [1.29, 1.82) is 0 Å². The summed E-state index contributed by atoms with van der Waals surface area (Å²) in [5.74, 6) is -0.714. The van der Waals surface area contributed by atoms with E-state index in [4.69, 9.17) is 11.6 Å². The Bertz CT molecular complexity index is 567. The molecule has 2 aromatic carbocycles.